The molecule has 0 aliphatic rings. The molecule has 2 aromatic carbocycles. The lowest BCUT2D eigenvalue weighted by Crippen LogP contribution is -2.04. The number of hydrogen-bond acceptors (Lipinski definition) is 3. The van der Waals surface area contributed by atoms with Crippen LogP contribution in [0.5, 0.6) is 0 Å². The molecule has 0 aliphatic heterocycles. The minimum absolute atomic E-state index is 0.299. The van der Waals surface area contributed by atoms with Crippen molar-refractivity contribution in [3.63, 3.8) is 0 Å². The molecule has 0 fully saturated rings. The summed E-state index contributed by atoms with van der Waals surface area (Å²) in [6.07, 6.45) is 0. The number of esters is 1. The Bertz CT molecular complexity index is 534. The number of anilines is 1. The highest BCUT2D eigenvalue weighted by Gasteiger charge is 2.06. The maximum absolute atomic E-state index is 11.5. The zero-order valence-electron chi connectivity index (χ0n) is 9.07. The van der Waals surface area contributed by atoms with Crippen LogP contribution in [0.2, 0.25) is 0 Å². The summed E-state index contributed by atoms with van der Waals surface area (Å²) in [4.78, 5) is 11.5. The van der Waals surface area contributed by atoms with Gasteiger partial charge in [-0.15, -0.1) is 0 Å². The second-order valence-corrected chi connectivity index (χ2v) is 3.54. The topological polar surface area (TPSA) is 52.3 Å². The van der Waals surface area contributed by atoms with Gasteiger partial charge in [0, 0.05) is 5.69 Å². The molecular weight excluding hydrogens is 202 g/mol. The summed E-state index contributed by atoms with van der Waals surface area (Å²) in [7, 11) is 0. The normalized spacial score (nSPS) is 10.3. The molecule has 82 valence electrons. The summed E-state index contributed by atoms with van der Waals surface area (Å²) in [5.41, 5.74) is 6.94. The zero-order valence-corrected chi connectivity index (χ0v) is 9.07. The molecule has 0 heterocycles. The smallest absolute Gasteiger partial charge is 0.338 e. The number of nitrogens with two attached hydrogens (primary N) is 1. The van der Waals surface area contributed by atoms with Crippen LogP contribution in [0.15, 0.2) is 36.4 Å². The molecular formula is C13H13NO2. The summed E-state index contributed by atoms with van der Waals surface area (Å²) in [5, 5.41) is 2.01. The van der Waals surface area contributed by atoms with Crippen LogP contribution in [0.25, 0.3) is 10.8 Å². The lowest BCUT2D eigenvalue weighted by molar-refractivity contribution is 0.0526. The van der Waals surface area contributed by atoms with Crippen molar-refractivity contribution in [1.29, 1.82) is 0 Å². The van der Waals surface area contributed by atoms with Gasteiger partial charge in [-0.25, -0.2) is 4.79 Å². The molecule has 3 heteroatoms. The molecule has 0 radical (unpaired) electrons. The van der Waals surface area contributed by atoms with E-state index >= 15 is 0 Å². The van der Waals surface area contributed by atoms with E-state index in [1.54, 1.807) is 19.1 Å². The highest BCUT2D eigenvalue weighted by atomic mass is 16.5. The number of benzene rings is 2. The van der Waals surface area contributed by atoms with Gasteiger partial charge < -0.3 is 10.5 Å². The van der Waals surface area contributed by atoms with E-state index in [1.807, 2.05) is 24.3 Å². The largest absolute Gasteiger partial charge is 0.462 e. The van der Waals surface area contributed by atoms with E-state index in [0.717, 1.165) is 10.8 Å². The number of rotatable bonds is 2. The van der Waals surface area contributed by atoms with Crippen molar-refractivity contribution in [3.05, 3.63) is 42.0 Å². The average molecular weight is 215 g/mol. The van der Waals surface area contributed by atoms with Crippen LogP contribution in [-0.2, 0) is 4.74 Å². The first kappa shape index (κ1) is 10.5. The number of carbonyl (C=O) groups excluding carboxylic acids is 1. The van der Waals surface area contributed by atoms with Crippen molar-refractivity contribution in [2.24, 2.45) is 0 Å². The third-order valence-electron chi connectivity index (χ3n) is 2.38. The molecule has 2 aromatic rings. The Balaban J connectivity index is 2.46. The molecule has 0 spiro atoms. The first-order valence-corrected chi connectivity index (χ1v) is 5.17. The maximum Gasteiger partial charge on any atom is 0.338 e. The van der Waals surface area contributed by atoms with Gasteiger partial charge in [-0.3, -0.25) is 0 Å². The SMILES string of the molecule is CCOC(=O)c1ccc2ccc(N)cc2c1. The Morgan fingerprint density at radius 2 is 1.94 bits per heavy atom. The average Bonchev–Trinajstić information content (AvgIpc) is 2.28. The molecule has 0 saturated heterocycles. The summed E-state index contributed by atoms with van der Waals surface area (Å²) in [5.74, 6) is -0.299. The lowest BCUT2D eigenvalue weighted by atomic mass is 10.1. The number of hydrogen-bond donors (Lipinski definition) is 1. The van der Waals surface area contributed by atoms with E-state index < -0.39 is 0 Å². The van der Waals surface area contributed by atoms with E-state index in [4.69, 9.17) is 10.5 Å². The Kier molecular flexibility index (Phi) is 2.77. The van der Waals surface area contributed by atoms with Gasteiger partial charge in [0.2, 0.25) is 0 Å². The molecule has 3 nitrogen and oxygen atoms in total. The first-order chi connectivity index (χ1) is 7.70. The third kappa shape index (κ3) is 1.98. The first-order valence-electron chi connectivity index (χ1n) is 5.17. The lowest BCUT2D eigenvalue weighted by Gasteiger charge is -2.04. The van der Waals surface area contributed by atoms with E-state index in [0.29, 0.717) is 17.9 Å². The Hall–Kier alpha value is -2.03. The molecule has 0 atom stereocenters. The van der Waals surface area contributed by atoms with Crippen molar-refractivity contribution >= 4 is 22.4 Å². The van der Waals surface area contributed by atoms with Crippen molar-refractivity contribution in [2.45, 2.75) is 6.92 Å². The minimum Gasteiger partial charge on any atom is -0.462 e. The summed E-state index contributed by atoms with van der Waals surface area (Å²) in [6, 6.07) is 11.1. The molecule has 0 bridgehead atoms. The van der Waals surface area contributed by atoms with Gasteiger partial charge in [0.05, 0.1) is 12.2 Å². The summed E-state index contributed by atoms with van der Waals surface area (Å²) >= 11 is 0. The van der Waals surface area contributed by atoms with Gasteiger partial charge in [0.1, 0.15) is 0 Å². The van der Waals surface area contributed by atoms with Crippen LogP contribution < -0.4 is 5.73 Å². The van der Waals surface area contributed by atoms with Gasteiger partial charge in [-0.05, 0) is 42.0 Å². The van der Waals surface area contributed by atoms with E-state index in [-0.39, 0.29) is 5.97 Å². The standard InChI is InChI=1S/C13H13NO2/c1-2-16-13(15)10-4-3-9-5-6-12(14)8-11(9)7-10/h3-8H,2,14H2,1H3. The molecule has 0 saturated carbocycles. The van der Waals surface area contributed by atoms with E-state index in [2.05, 4.69) is 0 Å². The molecule has 16 heavy (non-hydrogen) atoms. The van der Waals surface area contributed by atoms with Crippen LogP contribution in [0.3, 0.4) is 0 Å². The van der Waals surface area contributed by atoms with Crippen molar-refractivity contribution in [3.8, 4) is 0 Å². The van der Waals surface area contributed by atoms with Gasteiger partial charge in [-0.1, -0.05) is 12.1 Å². The van der Waals surface area contributed by atoms with Crippen LogP contribution in [0.4, 0.5) is 5.69 Å². The van der Waals surface area contributed by atoms with Gasteiger partial charge >= 0.3 is 5.97 Å². The third-order valence-corrected chi connectivity index (χ3v) is 2.38. The fraction of sp³-hybridized carbons (Fsp3) is 0.154. The Labute approximate surface area is 93.8 Å². The number of ether oxygens (including phenoxy) is 1. The fourth-order valence-electron chi connectivity index (χ4n) is 1.61. The molecule has 0 amide bonds. The number of carbonyl (C=O) groups is 1. The van der Waals surface area contributed by atoms with Gasteiger partial charge in [-0.2, -0.15) is 0 Å². The Morgan fingerprint density at radius 1 is 1.19 bits per heavy atom. The second-order valence-electron chi connectivity index (χ2n) is 3.54. The highest BCUT2D eigenvalue weighted by Crippen LogP contribution is 2.19. The fourth-order valence-corrected chi connectivity index (χ4v) is 1.61. The van der Waals surface area contributed by atoms with Crippen molar-refractivity contribution in [2.75, 3.05) is 12.3 Å². The molecule has 0 unspecified atom stereocenters. The molecule has 0 aliphatic carbocycles. The van der Waals surface area contributed by atoms with Crippen LogP contribution >= 0.6 is 0 Å². The number of nitrogen functional groups attached to an aromatic ring is 1. The predicted molar refractivity (Wildman–Crippen MR) is 64.3 cm³/mol. The predicted octanol–water partition coefficient (Wildman–Crippen LogP) is 2.60. The molecule has 2 N–H and O–H groups in total. The van der Waals surface area contributed by atoms with Gasteiger partial charge in [0.25, 0.3) is 0 Å². The van der Waals surface area contributed by atoms with Crippen LogP contribution in [0, 0.1) is 0 Å². The zero-order chi connectivity index (χ0) is 11.5. The quantitative estimate of drug-likeness (QED) is 0.618. The monoisotopic (exact) mass is 215 g/mol. The summed E-state index contributed by atoms with van der Waals surface area (Å²) in [6.45, 7) is 2.17. The highest BCUT2D eigenvalue weighted by molar-refractivity contribution is 5.96. The van der Waals surface area contributed by atoms with Crippen molar-refractivity contribution < 1.29 is 9.53 Å². The molecule has 2 rings (SSSR count). The van der Waals surface area contributed by atoms with Crippen molar-refractivity contribution in [1.82, 2.24) is 0 Å². The van der Waals surface area contributed by atoms with Crippen LogP contribution in [0.1, 0.15) is 17.3 Å². The second kappa shape index (κ2) is 4.23. The Morgan fingerprint density at radius 3 is 2.69 bits per heavy atom. The maximum atomic E-state index is 11.5. The molecule has 0 aromatic heterocycles. The van der Waals surface area contributed by atoms with Gasteiger partial charge in [0.15, 0.2) is 0 Å². The number of fused-ring (bicyclic) bond motifs is 1. The van der Waals surface area contributed by atoms with E-state index in [1.165, 1.54) is 0 Å². The van der Waals surface area contributed by atoms with Crippen LogP contribution in [-0.4, -0.2) is 12.6 Å². The summed E-state index contributed by atoms with van der Waals surface area (Å²) < 4.78 is 4.94. The van der Waals surface area contributed by atoms with E-state index in [9.17, 15) is 4.79 Å². The minimum atomic E-state index is -0.299.